The largest absolute Gasteiger partial charge is 0.381 e. The van der Waals surface area contributed by atoms with Crippen LogP contribution in [-0.4, -0.2) is 37.7 Å². The summed E-state index contributed by atoms with van der Waals surface area (Å²) in [4.78, 5) is 2.53. The lowest BCUT2D eigenvalue weighted by Gasteiger charge is -2.16. The second-order valence-corrected chi connectivity index (χ2v) is 5.43. The van der Waals surface area contributed by atoms with Crippen molar-refractivity contribution in [2.45, 2.75) is 19.8 Å². The molecule has 1 aromatic carbocycles. The predicted molar refractivity (Wildman–Crippen MR) is 76.2 cm³/mol. The van der Waals surface area contributed by atoms with E-state index in [9.17, 15) is 0 Å². The van der Waals surface area contributed by atoms with Crippen LogP contribution in [0.4, 0.5) is 0 Å². The van der Waals surface area contributed by atoms with Crippen LogP contribution in [0, 0.1) is 5.92 Å². The minimum atomic E-state index is 0.726. The van der Waals surface area contributed by atoms with Crippen LogP contribution < -0.4 is 0 Å². The van der Waals surface area contributed by atoms with Gasteiger partial charge in [0.05, 0.1) is 6.61 Å². The van der Waals surface area contributed by atoms with Gasteiger partial charge in [-0.25, -0.2) is 0 Å². The van der Waals surface area contributed by atoms with Gasteiger partial charge in [0.25, 0.3) is 0 Å². The van der Waals surface area contributed by atoms with E-state index in [4.69, 9.17) is 16.3 Å². The van der Waals surface area contributed by atoms with Crippen LogP contribution in [0.15, 0.2) is 24.3 Å². The van der Waals surface area contributed by atoms with Crippen molar-refractivity contribution in [2.75, 3.05) is 32.8 Å². The zero-order valence-electron chi connectivity index (χ0n) is 11.1. The van der Waals surface area contributed by atoms with Gasteiger partial charge in [0.2, 0.25) is 0 Å². The standard InChI is InChI=1S/C15H22ClNO/c1-2-18-12-14-7-9-17(11-14)8-6-13-4-3-5-15(16)10-13/h3-5,10,14H,2,6-9,11-12H2,1H3. The van der Waals surface area contributed by atoms with E-state index in [1.807, 2.05) is 12.1 Å². The van der Waals surface area contributed by atoms with Gasteiger partial charge in [-0.3, -0.25) is 0 Å². The van der Waals surface area contributed by atoms with Crippen LogP contribution in [0.5, 0.6) is 0 Å². The van der Waals surface area contributed by atoms with Crippen molar-refractivity contribution in [1.82, 2.24) is 4.90 Å². The smallest absolute Gasteiger partial charge is 0.0506 e. The van der Waals surface area contributed by atoms with Gasteiger partial charge in [0.1, 0.15) is 0 Å². The van der Waals surface area contributed by atoms with E-state index < -0.39 is 0 Å². The molecule has 1 fully saturated rings. The molecule has 0 N–H and O–H groups in total. The van der Waals surface area contributed by atoms with Crippen molar-refractivity contribution >= 4 is 11.6 Å². The van der Waals surface area contributed by atoms with Crippen molar-refractivity contribution in [3.63, 3.8) is 0 Å². The highest BCUT2D eigenvalue weighted by Gasteiger charge is 2.21. The fraction of sp³-hybridized carbons (Fsp3) is 0.600. The van der Waals surface area contributed by atoms with E-state index >= 15 is 0 Å². The molecule has 1 heterocycles. The van der Waals surface area contributed by atoms with Gasteiger partial charge < -0.3 is 9.64 Å². The summed E-state index contributed by atoms with van der Waals surface area (Å²) in [5.74, 6) is 0.726. The average molecular weight is 268 g/mol. The van der Waals surface area contributed by atoms with E-state index in [0.717, 1.165) is 37.1 Å². The van der Waals surface area contributed by atoms with Crippen molar-refractivity contribution in [2.24, 2.45) is 5.92 Å². The number of hydrogen-bond acceptors (Lipinski definition) is 2. The van der Waals surface area contributed by atoms with Gasteiger partial charge in [-0.1, -0.05) is 23.7 Å². The third kappa shape index (κ3) is 4.27. The number of rotatable bonds is 6. The van der Waals surface area contributed by atoms with Gasteiger partial charge >= 0.3 is 0 Å². The summed E-state index contributed by atoms with van der Waals surface area (Å²) in [5.41, 5.74) is 1.33. The summed E-state index contributed by atoms with van der Waals surface area (Å²) in [6.07, 6.45) is 2.36. The molecule has 0 radical (unpaired) electrons. The molecule has 0 amide bonds. The van der Waals surface area contributed by atoms with Crippen molar-refractivity contribution in [1.29, 1.82) is 0 Å². The van der Waals surface area contributed by atoms with Gasteiger partial charge in [0.15, 0.2) is 0 Å². The molecule has 0 bridgehead atoms. The number of hydrogen-bond donors (Lipinski definition) is 0. The molecule has 0 saturated carbocycles. The molecule has 1 aliphatic heterocycles. The Morgan fingerprint density at radius 1 is 1.44 bits per heavy atom. The van der Waals surface area contributed by atoms with E-state index in [1.54, 1.807) is 0 Å². The lowest BCUT2D eigenvalue weighted by atomic mass is 10.1. The summed E-state index contributed by atoms with van der Waals surface area (Å²) >= 11 is 5.99. The van der Waals surface area contributed by atoms with E-state index in [2.05, 4.69) is 24.0 Å². The van der Waals surface area contributed by atoms with E-state index in [0.29, 0.717) is 0 Å². The fourth-order valence-electron chi connectivity index (χ4n) is 2.52. The van der Waals surface area contributed by atoms with Crippen molar-refractivity contribution in [3.8, 4) is 0 Å². The number of ether oxygens (including phenoxy) is 1. The van der Waals surface area contributed by atoms with Crippen molar-refractivity contribution < 1.29 is 4.74 Å². The molecule has 18 heavy (non-hydrogen) atoms. The Morgan fingerprint density at radius 2 is 2.33 bits per heavy atom. The first-order chi connectivity index (χ1) is 8.78. The average Bonchev–Trinajstić information content (AvgIpc) is 2.82. The first-order valence-electron chi connectivity index (χ1n) is 6.82. The molecule has 1 atom stereocenters. The van der Waals surface area contributed by atoms with Gasteiger partial charge in [-0.15, -0.1) is 0 Å². The van der Waals surface area contributed by atoms with Gasteiger partial charge in [-0.05, 0) is 49.9 Å². The molecule has 1 unspecified atom stereocenters. The summed E-state index contributed by atoms with van der Waals surface area (Å²) in [6.45, 7) is 7.33. The summed E-state index contributed by atoms with van der Waals surface area (Å²) in [6, 6.07) is 8.17. The molecule has 0 aliphatic carbocycles. The Bertz CT molecular complexity index is 369. The van der Waals surface area contributed by atoms with Crippen LogP contribution in [0.1, 0.15) is 18.9 Å². The molecule has 2 nitrogen and oxygen atoms in total. The van der Waals surface area contributed by atoms with Gasteiger partial charge in [-0.2, -0.15) is 0 Å². The number of nitrogens with zero attached hydrogens (tertiary/aromatic N) is 1. The Balaban J connectivity index is 1.72. The molecule has 0 aromatic heterocycles. The SMILES string of the molecule is CCOCC1CCN(CCc2cccc(Cl)c2)C1. The Hall–Kier alpha value is -0.570. The zero-order valence-corrected chi connectivity index (χ0v) is 11.8. The molecule has 3 heteroatoms. The topological polar surface area (TPSA) is 12.5 Å². The van der Waals surface area contributed by atoms with E-state index in [1.165, 1.54) is 25.1 Å². The molecule has 1 aromatic rings. The maximum absolute atomic E-state index is 5.99. The zero-order chi connectivity index (χ0) is 12.8. The highest BCUT2D eigenvalue weighted by atomic mass is 35.5. The Labute approximate surface area is 115 Å². The molecule has 2 rings (SSSR count). The first-order valence-corrected chi connectivity index (χ1v) is 7.20. The lowest BCUT2D eigenvalue weighted by Crippen LogP contribution is -2.24. The van der Waals surface area contributed by atoms with Crippen LogP contribution in [-0.2, 0) is 11.2 Å². The van der Waals surface area contributed by atoms with Crippen LogP contribution in [0.25, 0.3) is 0 Å². The fourth-order valence-corrected chi connectivity index (χ4v) is 2.73. The van der Waals surface area contributed by atoms with Crippen LogP contribution in [0.2, 0.25) is 5.02 Å². The predicted octanol–water partition coefficient (Wildman–Crippen LogP) is 3.24. The van der Waals surface area contributed by atoms with Crippen LogP contribution in [0.3, 0.4) is 0 Å². The molecule has 0 spiro atoms. The third-order valence-electron chi connectivity index (χ3n) is 3.53. The molecule has 1 aliphatic rings. The maximum Gasteiger partial charge on any atom is 0.0506 e. The third-order valence-corrected chi connectivity index (χ3v) is 3.77. The number of halogens is 1. The second kappa shape index (κ2) is 7.13. The quantitative estimate of drug-likeness (QED) is 0.785. The van der Waals surface area contributed by atoms with Gasteiger partial charge in [0, 0.05) is 24.7 Å². The lowest BCUT2D eigenvalue weighted by molar-refractivity contribution is 0.112. The monoisotopic (exact) mass is 267 g/mol. The highest BCUT2D eigenvalue weighted by Crippen LogP contribution is 2.17. The second-order valence-electron chi connectivity index (χ2n) is 4.99. The number of likely N-dealkylation sites (tertiary alicyclic amines) is 1. The molecule has 100 valence electrons. The minimum absolute atomic E-state index is 0.726. The first kappa shape index (κ1) is 13.9. The molecule has 1 saturated heterocycles. The normalized spacial score (nSPS) is 20.4. The minimum Gasteiger partial charge on any atom is -0.381 e. The highest BCUT2D eigenvalue weighted by molar-refractivity contribution is 6.30. The number of benzene rings is 1. The maximum atomic E-state index is 5.99. The van der Waals surface area contributed by atoms with E-state index in [-0.39, 0.29) is 0 Å². The summed E-state index contributed by atoms with van der Waals surface area (Å²) in [7, 11) is 0. The molecular formula is C15H22ClNO. The summed E-state index contributed by atoms with van der Waals surface area (Å²) in [5, 5.41) is 0.836. The Morgan fingerprint density at radius 3 is 3.11 bits per heavy atom. The Kier molecular flexibility index (Phi) is 5.48. The molecular weight excluding hydrogens is 246 g/mol. The van der Waals surface area contributed by atoms with Crippen LogP contribution >= 0.6 is 11.6 Å². The van der Waals surface area contributed by atoms with Crippen molar-refractivity contribution in [3.05, 3.63) is 34.9 Å². The summed E-state index contributed by atoms with van der Waals surface area (Å²) < 4.78 is 5.50.